The van der Waals surface area contributed by atoms with Crippen LogP contribution in [0.3, 0.4) is 0 Å². The molecule has 0 bridgehead atoms. The van der Waals surface area contributed by atoms with E-state index in [0.717, 1.165) is 30.8 Å². The highest BCUT2D eigenvalue weighted by atomic mass is 32.1. The average molecular weight is 337 g/mol. The van der Waals surface area contributed by atoms with E-state index in [2.05, 4.69) is 5.32 Å². The summed E-state index contributed by atoms with van der Waals surface area (Å²) >= 11 is 1.14. The van der Waals surface area contributed by atoms with Gasteiger partial charge in [-0.15, -0.1) is 11.3 Å². The molecule has 1 aliphatic heterocycles. The molecule has 3 rings (SSSR count). The van der Waals surface area contributed by atoms with Crippen molar-refractivity contribution in [2.24, 2.45) is 0 Å². The minimum atomic E-state index is -0.627. The number of hydrogen-bond acceptors (Lipinski definition) is 5. The van der Waals surface area contributed by atoms with Crippen molar-refractivity contribution in [3.05, 3.63) is 35.0 Å². The number of amides is 1. The summed E-state index contributed by atoms with van der Waals surface area (Å²) in [4.78, 5) is 23.9. The van der Waals surface area contributed by atoms with Crippen LogP contribution in [-0.2, 0) is 14.3 Å². The van der Waals surface area contributed by atoms with E-state index in [1.165, 1.54) is 12.1 Å². The van der Waals surface area contributed by atoms with Crippen molar-refractivity contribution in [3.8, 4) is 0 Å². The fourth-order valence-electron chi connectivity index (χ4n) is 2.41. The molecule has 5 nitrogen and oxygen atoms in total. The monoisotopic (exact) mass is 337 g/mol. The molecule has 2 aromatic rings. The standard InChI is InChI=1S/C16H16FNO4S/c17-12-4-1-5-13-11(12)7-14(23-13)16(20)22-9-15(19)18-8-10-3-2-6-21-10/h1,4-5,7,10H,2-3,6,8-9H2,(H,18,19)/t10-/m0/s1. The van der Waals surface area contributed by atoms with Crippen LogP contribution in [0.2, 0.25) is 0 Å². The first-order valence-corrected chi connectivity index (χ1v) is 8.18. The van der Waals surface area contributed by atoms with Crippen LogP contribution in [0.1, 0.15) is 22.5 Å². The van der Waals surface area contributed by atoms with Gasteiger partial charge in [0, 0.05) is 23.2 Å². The molecule has 23 heavy (non-hydrogen) atoms. The predicted molar refractivity (Wildman–Crippen MR) is 84.0 cm³/mol. The van der Waals surface area contributed by atoms with E-state index in [0.29, 0.717) is 16.6 Å². The molecule has 1 aliphatic rings. The predicted octanol–water partition coefficient (Wildman–Crippen LogP) is 2.49. The highest BCUT2D eigenvalue weighted by Gasteiger charge is 2.18. The largest absolute Gasteiger partial charge is 0.451 e. The summed E-state index contributed by atoms with van der Waals surface area (Å²) in [6.45, 7) is 0.783. The van der Waals surface area contributed by atoms with Crippen LogP contribution < -0.4 is 5.32 Å². The van der Waals surface area contributed by atoms with Gasteiger partial charge < -0.3 is 14.8 Å². The van der Waals surface area contributed by atoms with Crippen molar-refractivity contribution in [2.45, 2.75) is 18.9 Å². The van der Waals surface area contributed by atoms with Gasteiger partial charge in [0.2, 0.25) is 0 Å². The van der Waals surface area contributed by atoms with E-state index in [9.17, 15) is 14.0 Å². The number of hydrogen-bond donors (Lipinski definition) is 1. The van der Waals surface area contributed by atoms with Crippen molar-refractivity contribution < 1.29 is 23.5 Å². The Balaban J connectivity index is 1.51. The number of fused-ring (bicyclic) bond motifs is 1. The lowest BCUT2D eigenvalue weighted by Gasteiger charge is -2.10. The highest BCUT2D eigenvalue weighted by molar-refractivity contribution is 7.20. The van der Waals surface area contributed by atoms with E-state index in [4.69, 9.17) is 9.47 Å². The molecule has 2 heterocycles. The molecule has 1 atom stereocenters. The van der Waals surface area contributed by atoms with Crippen molar-refractivity contribution in [1.82, 2.24) is 5.32 Å². The Morgan fingerprint density at radius 2 is 2.30 bits per heavy atom. The SMILES string of the molecule is O=C(COC(=O)c1cc2c(F)cccc2s1)NC[C@@H]1CCCO1. The number of nitrogens with one attached hydrogen (secondary N) is 1. The fraction of sp³-hybridized carbons (Fsp3) is 0.375. The molecule has 0 spiro atoms. The number of benzene rings is 1. The molecule has 1 N–H and O–H groups in total. The van der Waals surface area contributed by atoms with Crippen LogP contribution >= 0.6 is 11.3 Å². The van der Waals surface area contributed by atoms with Crippen LogP contribution in [0.15, 0.2) is 24.3 Å². The number of ether oxygens (including phenoxy) is 2. The number of carbonyl (C=O) groups excluding carboxylic acids is 2. The van der Waals surface area contributed by atoms with E-state index < -0.39 is 5.97 Å². The summed E-state index contributed by atoms with van der Waals surface area (Å²) in [6.07, 6.45) is 1.96. The zero-order valence-electron chi connectivity index (χ0n) is 12.3. The molecule has 0 aliphatic carbocycles. The van der Waals surface area contributed by atoms with Crippen LogP contribution in [-0.4, -0.2) is 37.7 Å². The zero-order chi connectivity index (χ0) is 16.2. The van der Waals surface area contributed by atoms with Gasteiger partial charge in [-0.1, -0.05) is 6.07 Å². The lowest BCUT2D eigenvalue weighted by atomic mass is 10.2. The van der Waals surface area contributed by atoms with Crippen molar-refractivity contribution >= 4 is 33.3 Å². The third-order valence-corrected chi connectivity index (χ3v) is 4.68. The maximum absolute atomic E-state index is 13.6. The summed E-state index contributed by atoms with van der Waals surface area (Å²) < 4.78 is 24.6. The maximum atomic E-state index is 13.6. The Labute approximate surface area is 136 Å². The molecule has 122 valence electrons. The number of thiophene rings is 1. The average Bonchev–Trinajstić information content (AvgIpc) is 3.20. The van der Waals surface area contributed by atoms with Crippen molar-refractivity contribution in [1.29, 1.82) is 0 Å². The quantitative estimate of drug-likeness (QED) is 0.852. The zero-order valence-corrected chi connectivity index (χ0v) is 13.2. The third kappa shape index (κ3) is 3.86. The van der Waals surface area contributed by atoms with Gasteiger partial charge in [0.25, 0.3) is 5.91 Å². The molecule has 0 radical (unpaired) electrons. The molecular formula is C16H16FNO4S. The minimum Gasteiger partial charge on any atom is -0.451 e. The fourth-order valence-corrected chi connectivity index (χ4v) is 3.38. The minimum absolute atomic E-state index is 0.0419. The normalized spacial score (nSPS) is 17.3. The summed E-state index contributed by atoms with van der Waals surface area (Å²) in [7, 11) is 0. The second kappa shape index (κ2) is 7.06. The van der Waals surface area contributed by atoms with E-state index in [-0.39, 0.29) is 29.3 Å². The molecule has 1 aromatic carbocycles. The lowest BCUT2D eigenvalue weighted by Crippen LogP contribution is -2.34. The summed E-state index contributed by atoms with van der Waals surface area (Å²) in [5.74, 6) is -1.38. The first kappa shape index (κ1) is 15.9. The maximum Gasteiger partial charge on any atom is 0.348 e. The smallest absolute Gasteiger partial charge is 0.348 e. The third-order valence-electron chi connectivity index (χ3n) is 3.59. The molecule has 1 saturated heterocycles. The molecule has 1 fully saturated rings. The Hall–Kier alpha value is -1.99. The van der Waals surface area contributed by atoms with E-state index in [1.54, 1.807) is 12.1 Å². The Morgan fingerprint density at radius 3 is 3.04 bits per heavy atom. The first-order chi connectivity index (χ1) is 11.1. The van der Waals surface area contributed by atoms with Gasteiger partial charge in [-0.2, -0.15) is 0 Å². The lowest BCUT2D eigenvalue weighted by molar-refractivity contribution is -0.124. The number of esters is 1. The number of halogens is 1. The second-order valence-corrected chi connectivity index (χ2v) is 6.36. The van der Waals surface area contributed by atoms with E-state index in [1.807, 2.05) is 0 Å². The summed E-state index contributed by atoms with van der Waals surface area (Å²) in [5.41, 5.74) is 0. The van der Waals surface area contributed by atoms with E-state index >= 15 is 0 Å². The second-order valence-electron chi connectivity index (χ2n) is 5.28. The van der Waals surface area contributed by atoms with Gasteiger partial charge in [-0.05, 0) is 31.0 Å². The number of rotatable bonds is 5. The van der Waals surface area contributed by atoms with Crippen LogP contribution in [0.25, 0.3) is 10.1 Å². The molecule has 1 aromatic heterocycles. The Morgan fingerprint density at radius 1 is 1.43 bits per heavy atom. The van der Waals surface area contributed by atoms with Crippen LogP contribution in [0, 0.1) is 5.82 Å². The van der Waals surface area contributed by atoms with Crippen molar-refractivity contribution in [2.75, 3.05) is 19.8 Å². The topological polar surface area (TPSA) is 64.6 Å². The number of carbonyl (C=O) groups is 2. The molecule has 0 unspecified atom stereocenters. The van der Waals surface area contributed by atoms with Gasteiger partial charge in [0.1, 0.15) is 10.7 Å². The summed E-state index contributed by atoms with van der Waals surface area (Å²) in [6, 6.07) is 6.10. The Kier molecular flexibility index (Phi) is 4.88. The first-order valence-electron chi connectivity index (χ1n) is 7.37. The molecular weight excluding hydrogens is 321 g/mol. The molecule has 1 amide bonds. The van der Waals surface area contributed by atoms with Crippen LogP contribution in [0.5, 0.6) is 0 Å². The van der Waals surface area contributed by atoms with Gasteiger partial charge >= 0.3 is 5.97 Å². The molecule has 7 heteroatoms. The Bertz CT molecular complexity index is 724. The van der Waals surface area contributed by atoms with Crippen LogP contribution in [0.4, 0.5) is 4.39 Å². The summed E-state index contributed by atoms with van der Waals surface area (Å²) in [5, 5.41) is 3.05. The van der Waals surface area contributed by atoms with Gasteiger partial charge in [0.15, 0.2) is 6.61 Å². The molecule has 0 saturated carbocycles. The van der Waals surface area contributed by atoms with Gasteiger partial charge in [0.05, 0.1) is 6.10 Å². The highest BCUT2D eigenvalue weighted by Crippen LogP contribution is 2.28. The van der Waals surface area contributed by atoms with Gasteiger partial charge in [-0.25, -0.2) is 9.18 Å². The van der Waals surface area contributed by atoms with Crippen molar-refractivity contribution in [3.63, 3.8) is 0 Å². The van der Waals surface area contributed by atoms with Gasteiger partial charge in [-0.3, -0.25) is 4.79 Å².